The van der Waals surface area contributed by atoms with Gasteiger partial charge in [0.2, 0.25) is 5.91 Å². The molecule has 3 nitrogen and oxygen atoms in total. The Labute approximate surface area is 95.7 Å². The lowest BCUT2D eigenvalue weighted by Crippen LogP contribution is -2.31. The Kier molecular flexibility index (Phi) is 3.25. The van der Waals surface area contributed by atoms with Crippen LogP contribution in [0.5, 0.6) is 0 Å². The van der Waals surface area contributed by atoms with E-state index in [1.807, 2.05) is 19.2 Å². The number of aryl methyl sites for hydroxylation is 2. The van der Waals surface area contributed by atoms with E-state index in [2.05, 4.69) is 6.07 Å². The summed E-state index contributed by atoms with van der Waals surface area (Å²) in [6.45, 7) is 0.232. The molecule has 0 unspecified atom stereocenters. The van der Waals surface area contributed by atoms with Crippen molar-refractivity contribution < 1.29 is 9.90 Å². The van der Waals surface area contributed by atoms with Gasteiger partial charge in [0.15, 0.2) is 0 Å². The fourth-order valence-electron chi connectivity index (χ4n) is 2.15. The van der Waals surface area contributed by atoms with Gasteiger partial charge in [0, 0.05) is 25.8 Å². The van der Waals surface area contributed by atoms with Crippen LogP contribution in [0.3, 0.4) is 0 Å². The largest absolute Gasteiger partial charge is 0.396 e. The Balaban J connectivity index is 2.23. The molecule has 1 aliphatic rings. The number of hydrogen-bond donors (Lipinski definition) is 1. The molecule has 86 valence electrons. The van der Waals surface area contributed by atoms with Crippen LogP contribution >= 0.6 is 0 Å². The summed E-state index contributed by atoms with van der Waals surface area (Å²) in [7, 11) is 1.83. The maximum Gasteiger partial charge on any atom is 0.227 e. The third-order valence-corrected chi connectivity index (χ3v) is 3.11. The van der Waals surface area contributed by atoms with Gasteiger partial charge in [-0.25, -0.2) is 0 Å². The van der Waals surface area contributed by atoms with Crippen LogP contribution in [0, 0.1) is 0 Å². The summed E-state index contributed by atoms with van der Waals surface area (Å²) in [5.41, 5.74) is 3.53. The molecule has 1 amide bonds. The van der Waals surface area contributed by atoms with Crippen LogP contribution in [0.15, 0.2) is 18.2 Å². The molecule has 1 aliphatic heterocycles. The van der Waals surface area contributed by atoms with Crippen molar-refractivity contribution in [2.75, 3.05) is 18.6 Å². The van der Waals surface area contributed by atoms with Gasteiger partial charge >= 0.3 is 0 Å². The fourth-order valence-corrected chi connectivity index (χ4v) is 2.15. The Morgan fingerprint density at radius 1 is 1.38 bits per heavy atom. The monoisotopic (exact) mass is 219 g/mol. The maximum absolute atomic E-state index is 11.5. The van der Waals surface area contributed by atoms with Crippen molar-refractivity contribution in [3.63, 3.8) is 0 Å². The molecular weight excluding hydrogens is 202 g/mol. The molecule has 2 rings (SSSR count). The zero-order valence-electron chi connectivity index (χ0n) is 9.57. The van der Waals surface area contributed by atoms with Crippen molar-refractivity contribution >= 4 is 11.6 Å². The van der Waals surface area contributed by atoms with E-state index in [0.717, 1.165) is 24.9 Å². The van der Waals surface area contributed by atoms with Gasteiger partial charge in [0.25, 0.3) is 0 Å². The Morgan fingerprint density at radius 3 is 2.94 bits per heavy atom. The fraction of sp³-hybridized carbons (Fsp3) is 0.462. The number of rotatable bonds is 3. The van der Waals surface area contributed by atoms with Crippen molar-refractivity contribution in [2.45, 2.75) is 25.7 Å². The van der Waals surface area contributed by atoms with Gasteiger partial charge in [0.05, 0.1) is 0 Å². The van der Waals surface area contributed by atoms with Crippen LogP contribution in [-0.2, 0) is 17.6 Å². The average Bonchev–Trinajstić information content (AvgIpc) is 2.31. The second-order valence-electron chi connectivity index (χ2n) is 4.24. The smallest absolute Gasteiger partial charge is 0.227 e. The van der Waals surface area contributed by atoms with Crippen LogP contribution in [0.2, 0.25) is 0 Å². The number of carbonyl (C=O) groups excluding carboxylic acids is 1. The van der Waals surface area contributed by atoms with Crippen molar-refractivity contribution in [3.8, 4) is 0 Å². The first-order chi connectivity index (χ1) is 7.72. The molecule has 3 heteroatoms. The highest BCUT2D eigenvalue weighted by Gasteiger charge is 2.20. The van der Waals surface area contributed by atoms with E-state index in [9.17, 15) is 4.79 Å². The van der Waals surface area contributed by atoms with E-state index in [-0.39, 0.29) is 12.5 Å². The molecule has 0 spiro atoms. The van der Waals surface area contributed by atoms with Gasteiger partial charge in [-0.15, -0.1) is 0 Å². The van der Waals surface area contributed by atoms with Gasteiger partial charge in [-0.05, 0) is 36.5 Å². The van der Waals surface area contributed by atoms with Crippen LogP contribution in [0.1, 0.15) is 24.0 Å². The van der Waals surface area contributed by atoms with Gasteiger partial charge in [-0.2, -0.15) is 0 Å². The van der Waals surface area contributed by atoms with Crippen molar-refractivity contribution in [2.24, 2.45) is 0 Å². The normalized spacial score (nSPS) is 15.1. The molecule has 0 saturated carbocycles. The maximum atomic E-state index is 11.5. The molecule has 0 aromatic heterocycles. The number of anilines is 1. The van der Waals surface area contributed by atoms with Crippen molar-refractivity contribution in [1.82, 2.24) is 0 Å². The first-order valence-electron chi connectivity index (χ1n) is 5.71. The van der Waals surface area contributed by atoms with E-state index in [0.29, 0.717) is 6.42 Å². The number of carbonyl (C=O) groups is 1. The SMILES string of the molecule is CN1C(=O)CCc2cc(CCCO)ccc21. The Hall–Kier alpha value is -1.35. The first kappa shape index (κ1) is 11.1. The number of benzene rings is 1. The van der Waals surface area contributed by atoms with Gasteiger partial charge < -0.3 is 10.0 Å². The molecule has 1 aromatic rings. The first-order valence-corrected chi connectivity index (χ1v) is 5.71. The Morgan fingerprint density at radius 2 is 2.19 bits per heavy atom. The predicted molar refractivity (Wildman–Crippen MR) is 63.6 cm³/mol. The van der Waals surface area contributed by atoms with Gasteiger partial charge in [0.1, 0.15) is 0 Å². The minimum Gasteiger partial charge on any atom is -0.396 e. The highest BCUT2D eigenvalue weighted by Crippen LogP contribution is 2.27. The number of amides is 1. The third-order valence-electron chi connectivity index (χ3n) is 3.11. The quantitative estimate of drug-likeness (QED) is 0.837. The lowest BCUT2D eigenvalue weighted by Gasteiger charge is -2.26. The van der Waals surface area contributed by atoms with Crippen LogP contribution in [0.25, 0.3) is 0 Å². The third kappa shape index (κ3) is 2.09. The molecule has 0 saturated heterocycles. The number of aliphatic hydroxyl groups excluding tert-OH is 1. The van der Waals surface area contributed by atoms with Crippen LogP contribution in [0.4, 0.5) is 5.69 Å². The summed E-state index contributed by atoms with van der Waals surface area (Å²) in [4.78, 5) is 13.2. The van der Waals surface area contributed by atoms with Gasteiger partial charge in [-0.1, -0.05) is 12.1 Å². The molecule has 0 aliphatic carbocycles. The number of fused-ring (bicyclic) bond motifs is 1. The molecule has 0 fully saturated rings. The van der Waals surface area contributed by atoms with Crippen LogP contribution < -0.4 is 4.90 Å². The standard InChI is InChI=1S/C13H17NO2/c1-14-12-6-4-10(3-2-8-15)9-11(12)5-7-13(14)16/h4,6,9,15H,2-3,5,7-8H2,1H3. The van der Waals surface area contributed by atoms with E-state index in [1.54, 1.807) is 4.90 Å². The summed E-state index contributed by atoms with van der Waals surface area (Å²) in [6, 6.07) is 6.22. The van der Waals surface area contributed by atoms with E-state index >= 15 is 0 Å². The molecular formula is C13H17NO2. The molecule has 0 bridgehead atoms. The zero-order chi connectivity index (χ0) is 11.5. The minimum atomic E-state index is 0.190. The summed E-state index contributed by atoms with van der Waals surface area (Å²) in [5, 5.41) is 8.79. The lowest BCUT2D eigenvalue weighted by molar-refractivity contribution is -0.118. The number of hydrogen-bond acceptors (Lipinski definition) is 2. The van der Waals surface area contributed by atoms with Crippen LogP contribution in [-0.4, -0.2) is 24.7 Å². The average molecular weight is 219 g/mol. The van der Waals surface area contributed by atoms with E-state index in [4.69, 9.17) is 5.11 Å². The second-order valence-corrected chi connectivity index (χ2v) is 4.24. The minimum absolute atomic E-state index is 0.190. The molecule has 1 N–H and O–H groups in total. The molecule has 16 heavy (non-hydrogen) atoms. The summed E-state index contributed by atoms with van der Waals surface area (Å²) >= 11 is 0. The molecule has 1 heterocycles. The van der Waals surface area contributed by atoms with Crippen molar-refractivity contribution in [1.29, 1.82) is 0 Å². The highest BCUT2D eigenvalue weighted by molar-refractivity contribution is 5.95. The second kappa shape index (κ2) is 4.66. The summed E-state index contributed by atoms with van der Waals surface area (Å²) in [6.07, 6.45) is 3.15. The Bertz CT molecular complexity index is 401. The molecule has 1 aromatic carbocycles. The lowest BCUT2D eigenvalue weighted by atomic mass is 9.97. The summed E-state index contributed by atoms with van der Waals surface area (Å²) < 4.78 is 0. The van der Waals surface area contributed by atoms with E-state index < -0.39 is 0 Å². The van der Waals surface area contributed by atoms with Gasteiger partial charge in [-0.3, -0.25) is 4.79 Å². The predicted octanol–water partition coefficient (Wildman–Crippen LogP) is 1.52. The zero-order valence-corrected chi connectivity index (χ0v) is 9.57. The van der Waals surface area contributed by atoms with Crippen molar-refractivity contribution in [3.05, 3.63) is 29.3 Å². The highest BCUT2D eigenvalue weighted by atomic mass is 16.2. The molecule has 0 atom stereocenters. The number of aliphatic hydroxyl groups is 1. The summed E-state index contributed by atoms with van der Waals surface area (Å²) in [5.74, 6) is 0.190. The topological polar surface area (TPSA) is 40.5 Å². The molecule has 0 radical (unpaired) electrons. The number of nitrogens with zero attached hydrogens (tertiary/aromatic N) is 1. The van der Waals surface area contributed by atoms with E-state index in [1.165, 1.54) is 11.1 Å².